The zero-order valence-electron chi connectivity index (χ0n) is 10.2. The van der Waals surface area contributed by atoms with Crippen LogP contribution in [-0.4, -0.2) is 36.9 Å². The number of hydrogen-bond donors (Lipinski definition) is 1. The molecule has 1 N–H and O–H groups in total. The van der Waals surface area contributed by atoms with Crippen LogP contribution in [0.3, 0.4) is 0 Å². The summed E-state index contributed by atoms with van der Waals surface area (Å²) in [5, 5.41) is 2.96. The Hall–Kier alpha value is -1.65. The number of nitrogens with one attached hydrogen (secondary N) is 1. The van der Waals surface area contributed by atoms with Crippen molar-refractivity contribution in [2.45, 2.75) is 18.8 Å². The minimum atomic E-state index is -2.62. The molecule has 1 saturated heterocycles. The molecule has 2 rings (SSSR count). The van der Waals surface area contributed by atoms with Gasteiger partial charge in [0.1, 0.15) is 0 Å². The van der Waals surface area contributed by atoms with E-state index in [4.69, 9.17) is 0 Å². The predicted octanol–water partition coefficient (Wildman–Crippen LogP) is 2.60. The largest absolute Gasteiger partial charge is 0.388 e. The number of carbonyl (C=O) groups is 1. The predicted molar refractivity (Wildman–Crippen MR) is 66.1 cm³/mol. The van der Waals surface area contributed by atoms with E-state index in [1.807, 2.05) is 0 Å². The molecule has 1 aliphatic rings. The quantitative estimate of drug-likeness (QED) is 0.879. The zero-order chi connectivity index (χ0) is 13.2. The van der Waals surface area contributed by atoms with Crippen molar-refractivity contribution >= 4 is 11.6 Å². The van der Waals surface area contributed by atoms with Gasteiger partial charge >= 0.3 is 0 Å². The first-order chi connectivity index (χ1) is 8.52. The van der Waals surface area contributed by atoms with Crippen LogP contribution in [0.4, 0.5) is 14.5 Å². The van der Waals surface area contributed by atoms with Gasteiger partial charge in [-0.1, -0.05) is 0 Å². The van der Waals surface area contributed by atoms with Crippen LogP contribution in [0.25, 0.3) is 0 Å². The van der Waals surface area contributed by atoms with Crippen LogP contribution in [0.1, 0.15) is 23.2 Å². The lowest BCUT2D eigenvalue weighted by Crippen LogP contribution is -2.42. The second-order valence-electron chi connectivity index (χ2n) is 4.48. The SMILES string of the molecule is CNc1ccc(C(=O)N2CCC(F)(F)CC2)cc1. The third kappa shape index (κ3) is 2.78. The van der Waals surface area contributed by atoms with E-state index in [2.05, 4.69) is 5.32 Å². The summed E-state index contributed by atoms with van der Waals surface area (Å²) in [6.45, 7) is 0.249. The molecule has 3 nitrogen and oxygen atoms in total. The fourth-order valence-electron chi connectivity index (χ4n) is 2.00. The van der Waals surface area contributed by atoms with E-state index in [0.717, 1.165) is 5.69 Å². The first-order valence-electron chi connectivity index (χ1n) is 5.97. The van der Waals surface area contributed by atoms with Crippen LogP contribution >= 0.6 is 0 Å². The van der Waals surface area contributed by atoms with Gasteiger partial charge in [0.25, 0.3) is 11.8 Å². The van der Waals surface area contributed by atoms with Crippen LogP contribution in [0, 0.1) is 0 Å². The van der Waals surface area contributed by atoms with Gasteiger partial charge in [0.15, 0.2) is 0 Å². The zero-order valence-corrected chi connectivity index (χ0v) is 10.2. The number of anilines is 1. The van der Waals surface area contributed by atoms with Gasteiger partial charge in [0, 0.05) is 44.2 Å². The van der Waals surface area contributed by atoms with Crippen LogP contribution in [0.15, 0.2) is 24.3 Å². The molecule has 1 aromatic rings. The lowest BCUT2D eigenvalue weighted by molar-refractivity contribution is -0.0494. The smallest absolute Gasteiger partial charge is 0.253 e. The summed E-state index contributed by atoms with van der Waals surface area (Å²) < 4.78 is 26.0. The maximum Gasteiger partial charge on any atom is 0.253 e. The highest BCUT2D eigenvalue weighted by molar-refractivity contribution is 5.94. The van der Waals surface area contributed by atoms with Gasteiger partial charge in [-0.25, -0.2) is 8.78 Å². The number of amides is 1. The van der Waals surface area contributed by atoms with Gasteiger partial charge in [-0.2, -0.15) is 0 Å². The van der Waals surface area contributed by atoms with Gasteiger partial charge in [-0.15, -0.1) is 0 Å². The molecular formula is C13H16F2N2O. The molecule has 1 aliphatic heterocycles. The number of likely N-dealkylation sites (tertiary alicyclic amines) is 1. The Labute approximate surface area is 105 Å². The first kappa shape index (κ1) is 12.8. The molecule has 18 heavy (non-hydrogen) atoms. The van der Waals surface area contributed by atoms with Crippen molar-refractivity contribution in [1.82, 2.24) is 4.90 Å². The molecule has 1 aromatic carbocycles. The second-order valence-corrected chi connectivity index (χ2v) is 4.48. The van der Waals surface area contributed by atoms with E-state index < -0.39 is 5.92 Å². The number of halogens is 2. The molecule has 0 radical (unpaired) electrons. The van der Waals surface area contributed by atoms with Crippen molar-refractivity contribution in [2.24, 2.45) is 0 Å². The molecule has 0 atom stereocenters. The molecule has 1 fully saturated rings. The van der Waals surface area contributed by atoms with Crippen molar-refractivity contribution < 1.29 is 13.6 Å². The fourth-order valence-corrected chi connectivity index (χ4v) is 2.00. The van der Waals surface area contributed by atoms with Crippen molar-refractivity contribution in [1.29, 1.82) is 0 Å². The Morgan fingerprint density at radius 3 is 2.28 bits per heavy atom. The van der Waals surface area contributed by atoms with Crippen LogP contribution in [0.2, 0.25) is 0 Å². The standard InChI is InChI=1S/C13H16F2N2O/c1-16-11-4-2-10(3-5-11)12(18)17-8-6-13(14,15)7-9-17/h2-5,16H,6-9H2,1H3. The molecular weight excluding hydrogens is 238 g/mol. The fraction of sp³-hybridized carbons (Fsp3) is 0.462. The minimum absolute atomic E-state index is 0.125. The monoisotopic (exact) mass is 254 g/mol. The van der Waals surface area contributed by atoms with Gasteiger partial charge in [-0.05, 0) is 24.3 Å². The summed E-state index contributed by atoms with van der Waals surface area (Å²) in [5.41, 5.74) is 1.45. The number of carbonyl (C=O) groups excluding carboxylic acids is 1. The maximum atomic E-state index is 13.0. The van der Waals surface area contributed by atoms with Crippen molar-refractivity contribution in [3.8, 4) is 0 Å². The van der Waals surface area contributed by atoms with E-state index in [1.54, 1.807) is 31.3 Å². The van der Waals surface area contributed by atoms with Crippen LogP contribution in [-0.2, 0) is 0 Å². The average Bonchev–Trinajstić information content (AvgIpc) is 2.38. The van der Waals surface area contributed by atoms with Gasteiger partial charge in [0.05, 0.1) is 0 Å². The number of hydrogen-bond acceptors (Lipinski definition) is 2. The Bertz CT molecular complexity index is 421. The van der Waals surface area contributed by atoms with E-state index in [9.17, 15) is 13.6 Å². The molecule has 1 heterocycles. The van der Waals surface area contributed by atoms with Crippen molar-refractivity contribution in [3.05, 3.63) is 29.8 Å². The number of alkyl halides is 2. The molecule has 0 saturated carbocycles. The molecule has 0 aromatic heterocycles. The summed E-state index contributed by atoms with van der Waals surface area (Å²) in [6.07, 6.45) is -0.485. The number of nitrogens with zero attached hydrogens (tertiary/aromatic N) is 1. The van der Waals surface area contributed by atoms with Crippen LogP contribution in [0.5, 0.6) is 0 Å². The average molecular weight is 254 g/mol. The third-order valence-corrected chi connectivity index (χ3v) is 3.20. The molecule has 0 bridgehead atoms. The maximum absolute atomic E-state index is 13.0. The summed E-state index contributed by atoms with van der Waals surface area (Å²) in [5.74, 6) is -2.79. The Morgan fingerprint density at radius 2 is 1.78 bits per heavy atom. The molecule has 5 heteroatoms. The minimum Gasteiger partial charge on any atom is -0.388 e. The Morgan fingerprint density at radius 1 is 1.22 bits per heavy atom. The topological polar surface area (TPSA) is 32.3 Å². The number of rotatable bonds is 2. The lowest BCUT2D eigenvalue weighted by atomic mass is 10.1. The third-order valence-electron chi connectivity index (χ3n) is 3.20. The van der Waals surface area contributed by atoms with Crippen molar-refractivity contribution in [2.75, 3.05) is 25.5 Å². The van der Waals surface area contributed by atoms with Crippen molar-refractivity contribution in [3.63, 3.8) is 0 Å². The second kappa shape index (κ2) is 4.92. The summed E-state index contributed by atoms with van der Waals surface area (Å²) in [6, 6.07) is 7.01. The molecule has 0 aliphatic carbocycles. The van der Waals surface area contributed by atoms with E-state index in [1.165, 1.54) is 4.90 Å². The first-order valence-corrected chi connectivity index (χ1v) is 5.97. The normalized spacial score (nSPS) is 18.5. The summed E-state index contributed by atoms with van der Waals surface area (Å²) >= 11 is 0. The summed E-state index contributed by atoms with van der Waals surface area (Å²) in [7, 11) is 1.80. The van der Waals surface area contributed by atoms with E-state index in [0.29, 0.717) is 5.56 Å². The van der Waals surface area contributed by atoms with Gasteiger partial charge in [-0.3, -0.25) is 4.79 Å². The Kier molecular flexibility index (Phi) is 3.50. The molecule has 1 amide bonds. The Balaban J connectivity index is 2.03. The molecule has 98 valence electrons. The lowest BCUT2D eigenvalue weighted by Gasteiger charge is -2.31. The van der Waals surface area contributed by atoms with E-state index >= 15 is 0 Å². The highest BCUT2D eigenvalue weighted by atomic mass is 19.3. The number of benzene rings is 1. The van der Waals surface area contributed by atoms with E-state index in [-0.39, 0.29) is 31.8 Å². The molecule has 0 unspecified atom stereocenters. The molecule has 0 spiro atoms. The highest BCUT2D eigenvalue weighted by Gasteiger charge is 2.35. The highest BCUT2D eigenvalue weighted by Crippen LogP contribution is 2.28. The van der Waals surface area contributed by atoms with Gasteiger partial charge in [0.2, 0.25) is 0 Å². The number of piperidine rings is 1. The summed E-state index contributed by atoms with van der Waals surface area (Å²) in [4.78, 5) is 13.6. The van der Waals surface area contributed by atoms with Gasteiger partial charge < -0.3 is 10.2 Å². The van der Waals surface area contributed by atoms with Crippen LogP contribution < -0.4 is 5.32 Å².